The van der Waals surface area contributed by atoms with Crippen LogP contribution in [-0.4, -0.2) is 49.0 Å². The van der Waals surface area contributed by atoms with E-state index in [4.69, 9.17) is 4.74 Å². The van der Waals surface area contributed by atoms with Crippen molar-refractivity contribution in [2.75, 3.05) is 32.9 Å². The molecule has 0 bridgehead atoms. The molecular weight excluding hydrogens is 190 g/mol. The number of ether oxygens (including phenoxy) is 1. The van der Waals surface area contributed by atoms with Crippen molar-refractivity contribution in [2.24, 2.45) is 0 Å². The molecule has 0 radical (unpaired) electrons. The smallest absolute Gasteiger partial charge is 0.0593 e. The molecule has 0 aromatic carbocycles. The fourth-order valence-corrected chi connectivity index (χ4v) is 2.17. The normalized spacial score (nSPS) is 24.0. The van der Waals surface area contributed by atoms with Crippen LogP contribution in [0.4, 0.5) is 0 Å². The Labute approximate surface area is 93.4 Å². The number of hydrogen-bond acceptors (Lipinski definition) is 3. The predicted molar refractivity (Wildman–Crippen MR) is 62.0 cm³/mol. The van der Waals surface area contributed by atoms with Crippen LogP contribution in [0.15, 0.2) is 0 Å². The zero-order chi connectivity index (χ0) is 10.9. The maximum Gasteiger partial charge on any atom is 0.0593 e. The first-order valence-electron chi connectivity index (χ1n) is 6.31. The summed E-state index contributed by atoms with van der Waals surface area (Å²) in [6.45, 7) is 6.20. The number of likely N-dealkylation sites (tertiary alicyclic amines) is 1. The molecule has 90 valence electrons. The number of rotatable bonds is 6. The van der Waals surface area contributed by atoms with Gasteiger partial charge in [0.2, 0.25) is 0 Å². The molecule has 1 rings (SSSR count). The number of aliphatic hydroxyl groups is 1. The molecule has 15 heavy (non-hydrogen) atoms. The Bertz CT molecular complexity index is 153. The first-order valence-corrected chi connectivity index (χ1v) is 6.31. The Hall–Kier alpha value is -0.120. The van der Waals surface area contributed by atoms with Crippen molar-refractivity contribution in [3.05, 3.63) is 0 Å². The van der Waals surface area contributed by atoms with Gasteiger partial charge in [-0.2, -0.15) is 0 Å². The van der Waals surface area contributed by atoms with E-state index in [1.807, 2.05) is 0 Å². The monoisotopic (exact) mass is 215 g/mol. The van der Waals surface area contributed by atoms with Crippen LogP contribution in [0.3, 0.4) is 0 Å². The summed E-state index contributed by atoms with van der Waals surface area (Å²) in [4.78, 5) is 2.39. The highest BCUT2D eigenvalue weighted by atomic mass is 16.5. The lowest BCUT2D eigenvalue weighted by Crippen LogP contribution is -2.39. The lowest BCUT2D eigenvalue weighted by molar-refractivity contribution is 0.0687. The minimum absolute atomic E-state index is 0.299. The summed E-state index contributed by atoms with van der Waals surface area (Å²) in [5, 5.41) is 9.31. The molecule has 1 aliphatic heterocycles. The van der Waals surface area contributed by atoms with Gasteiger partial charge < -0.3 is 9.84 Å². The van der Waals surface area contributed by atoms with E-state index >= 15 is 0 Å². The maximum absolute atomic E-state index is 9.31. The highest BCUT2D eigenvalue weighted by molar-refractivity contribution is 4.74. The Balaban J connectivity index is 2.22. The van der Waals surface area contributed by atoms with Crippen LogP contribution in [0.25, 0.3) is 0 Å². The standard InChI is InChI=1S/C12H25NO2/c1-2-9-15-10-8-13-7-5-3-4-6-12(13)11-14/h12,14H,2-11H2,1H3. The molecule has 1 N–H and O–H groups in total. The van der Waals surface area contributed by atoms with E-state index in [0.29, 0.717) is 12.6 Å². The van der Waals surface area contributed by atoms with Crippen molar-refractivity contribution < 1.29 is 9.84 Å². The van der Waals surface area contributed by atoms with Crippen LogP contribution < -0.4 is 0 Å². The van der Waals surface area contributed by atoms with Crippen LogP contribution in [0.1, 0.15) is 39.0 Å². The van der Waals surface area contributed by atoms with Crippen molar-refractivity contribution in [2.45, 2.75) is 45.1 Å². The van der Waals surface area contributed by atoms with Crippen molar-refractivity contribution in [1.82, 2.24) is 4.90 Å². The second-order valence-electron chi connectivity index (χ2n) is 4.33. The maximum atomic E-state index is 9.31. The summed E-state index contributed by atoms with van der Waals surface area (Å²) in [6, 6.07) is 0.373. The van der Waals surface area contributed by atoms with Gasteiger partial charge in [0.05, 0.1) is 13.2 Å². The van der Waals surface area contributed by atoms with Gasteiger partial charge in [0.1, 0.15) is 0 Å². The average Bonchev–Trinajstić information content (AvgIpc) is 2.49. The van der Waals surface area contributed by atoms with E-state index in [9.17, 15) is 5.11 Å². The van der Waals surface area contributed by atoms with Crippen molar-refractivity contribution in [3.8, 4) is 0 Å². The van der Waals surface area contributed by atoms with E-state index in [0.717, 1.165) is 39.1 Å². The van der Waals surface area contributed by atoms with E-state index in [1.165, 1.54) is 19.3 Å². The summed E-state index contributed by atoms with van der Waals surface area (Å²) >= 11 is 0. The van der Waals surface area contributed by atoms with E-state index in [2.05, 4.69) is 11.8 Å². The SMILES string of the molecule is CCCOCCN1CCCCCC1CO. The fraction of sp³-hybridized carbons (Fsp3) is 1.00. The molecule has 1 heterocycles. The second kappa shape index (κ2) is 8.08. The van der Waals surface area contributed by atoms with Crippen LogP contribution in [0, 0.1) is 0 Å². The van der Waals surface area contributed by atoms with Gasteiger partial charge in [-0.3, -0.25) is 4.90 Å². The van der Waals surface area contributed by atoms with Crippen LogP contribution in [-0.2, 0) is 4.74 Å². The van der Waals surface area contributed by atoms with E-state index in [-0.39, 0.29) is 0 Å². The molecule has 1 fully saturated rings. The van der Waals surface area contributed by atoms with Gasteiger partial charge in [-0.1, -0.05) is 19.8 Å². The first kappa shape index (κ1) is 12.9. The molecule has 0 amide bonds. The largest absolute Gasteiger partial charge is 0.395 e. The molecule has 1 saturated heterocycles. The molecule has 1 unspecified atom stereocenters. The predicted octanol–water partition coefficient (Wildman–Crippen LogP) is 1.65. The van der Waals surface area contributed by atoms with Crippen LogP contribution in [0.5, 0.6) is 0 Å². The third kappa shape index (κ3) is 4.96. The molecule has 0 aromatic heterocycles. The quantitative estimate of drug-likeness (QED) is 0.684. The van der Waals surface area contributed by atoms with Gasteiger partial charge >= 0.3 is 0 Å². The van der Waals surface area contributed by atoms with Gasteiger partial charge in [0, 0.05) is 19.2 Å². The minimum atomic E-state index is 0.299. The Morgan fingerprint density at radius 3 is 2.87 bits per heavy atom. The molecule has 3 heteroatoms. The molecule has 0 spiro atoms. The average molecular weight is 215 g/mol. The van der Waals surface area contributed by atoms with Crippen LogP contribution >= 0.6 is 0 Å². The molecule has 1 atom stereocenters. The second-order valence-corrected chi connectivity index (χ2v) is 4.33. The van der Waals surface area contributed by atoms with Gasteiger partial charge in [0.15, 0.2) is 0 Å². The summed E-state index contributed by atoms with van der Waals surface area (Å²) in [6.07, 6.45) is 6.07. The highest BCUT2D eigenvalue weighted by Gasteiger charge is 2.19. The third-order valence-electron chi connectivity index (χ3n) is 3.08. The van der Waals surface area contributed by atoms with Crippen LogP contribution in [0.2, 0.25) is 0 Å². The van der Waals surface area contributed by atoms with Crippen molar-refractivity contribution in [3.63, 3.8) is 0 Å². The topological polar surface area (TPSA) is 32.7 Å². The summed E-state index contributed by atoms with van der Waals surface area (Å²) in [5.74, 6) is 0. The van der Waals surface area contributed by atoms with Crippen molar-refractivity contribution in [1.29, 1.82) is 0 Å². The van der Waals surface area contributed by atoms with Gasteiger partial charge in [0.25, 0.3) is 0 Å². The Morgan fingerprint density at radius 1 is 1.27 bits per heavy atom. The molecule has 0 aromatic rings. The summed E-state index contributed by atoms with van der Waals surface area (Å²) < 4.78 is 5.50. The molecular formula is C12H25NO2. The van der Waals surface area contributed by atoms with Crippen molar-refractivity contribution >= 4 is 0 Å². The molecule has 0 aliphatic carbocycles. The highest BCUT2D eigenvalue weighted by Crippen LogP contribution is 2.15. The lowest BCUT2D eigenvalue weighted by atomic mass is 10.1. The molecule has 0 saturated carbocycles. The van der Waals surface area contributed by atoms with Gasteiger partial charge in [-0.05, 0) is 25.8 Å². The zero-order valence-corrected chi connectivity index (χ0v) is 9.95. The molecule has 3 nitrogen and oxygen atoms in total. The van der Waals surface area contributed by atoms with Gasteiger partial charge in [-0.15, -0.1) is 0 Å². The fourth-order valence-electron chi connectivity index (χ4n) is 2.17. The first-order chi connectivity index (χ1) is 7.38. The molecule has 1 aliphatic rings. The number of hydrogen-bond donors (Lipinski definition) is 1. The zero-order valence-electron chi connectivity index (χ0n) is 9.95. The lowest BCUT2D eigenvalue weighted by Gasteiger charge is -2.28. The minimum Gasteiger partial charge on any atom is -0.395 e. The number of aliphatic hydroxyl groups excluding tert-OH is 1. The third-order valence-corrected chi connectivity index (χ3v) is 3.08. The summed E-state index contributed by atoms with van der Waals surface area (Å²) in [5.41, 5.74) is 0. The summed E-state index contributed by atoms with van der Waals surface area (Å²) in [7, 11) is 0. The Kier molecular flexibility index (Phi) is 6.98. The number of nitrogens with zero attached hydrogens (tertiary/aromatic N) is 1. The van der Waals surface area contributed by atoms with Gasteiger partial charge in [-0.25, -0.2) is 0 Å². The van der Waals surface area contributed by atoms with E-state index in [1.54, 1.807) is 0 Å². The Morgan fingerprint density at radius 2 is 2.13 bits per heavy atom. The van der Waals surface area contributed by atoms with E-state index < -0.39 is 0 Å².